The highest BCUT2D eigenvalue weighted by Crippen LogP contribution is 2.32. The fourth-order valence-electron chi connectivity index (χ4n) is 2.81. The minimum absolute atomic E-state index is 0.0977. The molecule has 3 nitrogen and oxygen atoms in total. The lowest BCUT2D eigenvalue weighted by Crippen LogP contribution is -2.60. The Bertz CT molecular complexity index is 443. The van der Waals surface area contributed by atoms with Gasteiger partial charge >= 0.3 is 0 Å². The van der Waals surface area contributed by atoms with E-state index in [0.29, 0.717) is 5.92 Å². The highest BCUT2D eigenvalue weighted by molar-refractivity contribution is 5.28. The molecule has 1 aromatic rings. The summed E-state index contributed by atoms with van der Waals surface area (Å²) in [6, 6.07) is 8.26. The first-order valence-electron chi connectivity index (χ1n) is 7.41. The molecular formula is C17H27NO2. The average Bonchev–Trinajstić information content (AvgIpc) is 2.38. The zero-order chi connectivity index (χ0) is 14.8. The van der Waals surface area contributed by atoms with Crippen LogP contribution in [0.3, 0.4) is 0 Å². The number of rotatable bonds is 4. The van der Waals surface area contributed by atoms with Crippen molar-refractivity contribution in [3.63, 3.8) is 0 Å². The summed E-state index contributed by atoms with van der Waals surface area (Å²) >= 11 is 0. The van der Waals surface area contributed by atoms with Gasteiger partial charge in [-0.1, -0.05) is 26.0 Å². The molecule has 20 heavy (non-hydrogen) atoms. The maximum Gasteiger partial charge on any atom is 0.118 e. The van der Waals surface area contributed by atoms with Gasteiger partial charge in [-0.25, -0.2) is 0 Å². The Kier molecular flexibility index (Phi) is 4.40. The van der Waals surface area contributed by atoms with Gasteiger partial charge in [-0.2, -0.15) is 0 Å². The van der Waals surface area contributed by atoms with E-state index in [9.17, 15) is 0 Å². The van der Waals surface area contributed by atoms with Crippen molar-refractivity contribution in [2.24, 2.45) is 5.92 Å². The van der Waals surface area contributed by atoms with Crippen molar-refractivity contribution < 1.29 is 9.47 Å². The Morgan fingerprint density at radius 1 is 1.20 bits per heavy atom. The molecule has 0 aliphatic carbocycles. The molecular weight excluding hydrogens is 250 g/mol. The second-order valence-electron chi connectivity index (χ2n) is 6.65. The Morgan fingerprint density at radius 2 is 1.85 bits per heavy atom. The summed E-state index contributed by atoms with van der Waals surface area (Å²) < 4.78 is 11.7. The molecule has 0 amide bonds. The van der Waals surface area contributed by atoms with Crippen molar-refractivity contribution >= 4 is 0 Å². The first-order chi connectivity index (χ1) is 9.37. The zero-order valence-corrected chi connectivity index (χ0v) is 13.3. The van der Waals surface area contributed by atoms with Crippen LogP contribution in [-0.4, -0.2) is 31.4 Å². The summed E-state index contributed by atoms with van der Waals surface area (Å²) in [5, 5.41) is 3.54. The predicted octanol–water partition coefficient (Wildman–Crippen LogP) is 3.03. The maximum absolute atomic E-state index is 6.49. The minimum atomic E-state index is -0.161. The van der Waals surface area contributed by atoms with E-state index >= 15 is 0 Å². The fraction of sp³-hybridized carbons (Fsp3) is 0.647. The summed E-state index contributed by atoms with van der Waals surface area (Å²) in [4.78, 5) is 0. The van der Waals surface area contributed by atoms with Crippen molar-refractivity contribution in [1.82, 2.24) is 5.32 Å². The summed E-state index contributed by atoms with van der Waals surface area (Å²) in [6.45, 7) is 10.7. The molecule has 1 aliphatic rings. The van der Waals surface area contributed by atoms with Crippen LogP contribution in [0.4, 0.5) is 0 Å². The largest absolute Gasteiger partial charge is 0.497 e. The SMILES string of the molecule is COc1ccc(CC2(C)CNCC(C)(C(C)C)O2)cc1. The van der Waals surface area contributed by atoms with Crippen LogP contribution in [0.15, 0.2) is 24.3 Å². The van der Waals surface area contributed by atoms with Gasteiger partial charge in [0.2, 0.25) is 0 Å². The van der Waals surface area contributed by atoms with Crippen molar-refractivity contribution in [3.8, 4) is 5.75 Å². The molecule has 3 heteroatoms. The molecule has 1 aliphatic heterocycles. The van der Waals surface area contributed by atoms with Crippen LogP contribution in [0.2, 0.25) is 0 Å². The number of hydrogen-bond acceptors (Lipinski definition) is 3. The zero-order valence-electron chi connectivity index (χ0n) is 13.3. The molecule has 0 aromatic heterocycles. The second kappa shape index (κ2) is 5.74. The Hall–Kier alpha value is -1.06. The minimum Gasteiger partial charge on any atom is -0.497 e. The lowest BCUT2D eigenvalue weighted by atomic mass is 9.86. The third kappa shape index (κ3) is 3.33. The van der Waals surface area contributed by atoms with Crippen molar-refractivity contribution in [2.45, 2.75) is 45.3 Å². The fourth-order valence-corrected chi connectivity index (χ4v) is 2.81. The molecule has 1 N–H and O–H groups in total. The third-order valence-electron chi connectivity index (χ3n) is 4.41. The molecule has 2 unspecified atom stereocenters. The monoisotopic (exact) mass is 277 g/mol. The highest BCUT2D eigenvalue weighted by Gasteiger charge is 2.41. The van der Waals surface area contributed by atoms with Gasteiger partial charge in [-0.05, 0) is 37.5 Å². The van der Waals surface area contributed by atoms with Crippen LogP contribution in [0.5, 0.6) is 5.75 Å². The number of methoxy groups -OCH3 is 1. The smallest absolute Gasteiger partial charge is 0.118 e. The molecule has 0 spiro atoms. The molecule has 2 rings (SSSR count). The van der Waals surface area contributed by atoms with E-state index in [4.69, 9.17) is 9.47 Å². The summed E-state index contributed by atoms with van der Waals surface area (Å²) in [5.41, 5.74) is 1.02. The number of benzene rings is 1. The topological polar surface area (TPSA) is 30.5 Å². The second-order valence-corrected chi connectivity index (χ2v) is 6.65. The number of hydrogen-bond donors (Lipinski definition) is 1. The molecule has 1 fully saturated rings. The summed E-state index contributed by atoms with van der Waals surface area (Å²) in [7, 11) is 1.69. The van der Waals surface area contributed by atoms with Gasteiger partial charge in [0.05, 0.1) is 18.3 Å². The van der Waals surface area contributed by atoms with E-state index in [2.05, 4.69) is 45.1 Å². The molecule has 0 bridgehead atoms. The third-order valence-corrected chi connectivity index (χ3v) is 4.41. The number of nitrogens with one attached hydrogen (secondary N) is 1. The van der Waals surface area contributed by atoms with Gasteiger partial charge in [0, 0.05) is 19.5 Å². The molecule has 0 radical (unpaired) electrons. The van der Waals surface area contributed by atoms with Crippen LogP contribution >= 0.6 is 0 Å². The van der Waals surface area contributed by atoms with Gasteiger partial charge in [0.1, 0.15) is 5.75 Å². The van der Waals surface area contributed by atoms with Crippen molar-refractivity contribution in [2.75, 3.05) is 20.2 Å². The van der Waals surface area contributed by atoms with Gasteiger partial charge in [0.15, 0.2) is 0 Å². The van der Waals surface area contributed by atoms with Gasteiger partial charge in [0.25, 0.3) is 0 Å². The summed E-state index contributed by atoms with van der Waals surface area (Å²) in [5.74, 6) is 1.39. The summed E-state index contributed by atoms with van der Waals surface area (Å²) in [6.07, 6.45) is 0.909. The van der Waals surface area contributed by atoms with E-state index in [1.807, 2.05) is 12.1 Å². The molecule has 112 valence electrons. The highest BCUT2D eigenvalue weighted by atomic mass is 16.5. The first kappa shape index (κ1) is 15.3. The Morgan fingerprint density at radius 3 is 2.40 bits per heavy atom. The van der Waals surface area contributed by atoms with Gasteiger partial charge in [-0.15, -0.1) is 0 Å². The van der Waals surface area contributed by atoms with Crippen molar-refractivity contribution in [3.05, 3.63) is 29.8 Å². The molecule has 1 aromatic carbocycles. The van der Waals surface area contributed by atoms with Crippen LogP contribution < -0.4 is 10.1 Å². The van der Waals surface area contributed by atoms with Crippen LogP contribution in [-0.2, 0) is 11.2 Å². The van der Waals surface area contributed by atoms with Crippen molar-refractivity contribution in [1.29, 1.82) is 0 Å². The molecule has 1 saturated heterocycles. The van der Waals surface area contributed by atoms with E-state index in [0.717, 1.165) is 25.3 Å². The van der Waals surface area contributed by atoms with Crippen LogP contribution in [0.1, 0.15) is 33.3 Å². The quantitative estimate of drug-likeness (QED) is 0.917. The molecule has 1 heterocycles. The molecule has 0 saturated carbocycles. The lowest BCUT2D eigenvalue weighted by Gasteiger charge is -2.48. The van der Waals surface area contributed by atoms with Crippen LogP contribution in [0, 0.1) is 5.92 Å². The number of morpholine rings is 1. The predicted molar refractivity (Wildman–Crippen MR) is 82.3 cm³/mol. The average molecular weight is 277 g/mol. The van der Waals surface area contributed by atoms with E-state index in [-0.39, 0.29) is 11.2 Å². The van der Waals surface area contributed by atoms with Gasteiger partial charge in [-0.3, -0.25) is 0 Å². The normalized spacial score (nSPS) is 30.5. The lowest BCUT2D eigenvalue weighted by molar-refractivity contribution is -0.180. The van der Waals surface area contributed by atoms with E-state index < -0.39 is 0 Å². The number of ether oxygens (including phenoxy) is 2. The standard InChI is InChI=1S/C17H27NO2/c1-13(2)17(4)12-18-11-16(3,20-17)10-14-6-8-15(19-5)9-7-14/h6-9,13,18H,10-12H2,1-5H3. The maximum atomic E-state index is 6.49. The van der Waals surface area contributed by atoms with E-state index in [1.54, 1.807) is 7.11 Å². The molecule has 2 atom stereocenters. The first-order valence-corrected chi connectivity index (χ1v) is 7.41. The van der Waals surface area contributed by atoms with Crippen LogP contribution in [0.25, 0.3) is 0 Å². The Balaban J connectivity index is 2.10. The van der Waals surface area contributed by atoms with Gasteiger partial charge < -0.3 is 14.8 Å². The van der Waals surface area contributed by atoms with E-state index in [1.165, 1.54) is 5.56 Å². The Labute approximate surface area is 122 Å².